The third-order valence-electron chi connectivity index (χ3n) is 8.36. The van der Waals surface area contributed by atoms with E-state index in [9.17, 15) is 9.90 Å². The van der Waals surface area contributed by atoms with Gasteiger partial charge in [0.2, 0.25) is 0 Å². The van der Waals surface area contributed by atoms with Crippen LogP contribution in [0.2, 0.25) is 0 Å². The fraction of sp³-hybridized carbons (Fsp3) is 0.947. The molecule has 2 saturated carbocycles. The molecule has 2 aliphatic carbocycles. The summed E-state index contributed by atoms with van der Waals surface area (Å²) in [5.41, 5.74) is 0.376. The molecule has 3 heteroatoms. The molecule has 4 rings (SSSR count). The van der Waals surface area contributed by atoms with E-state index in [1.54, 1.807) is 0 Å². The highest BCUT2D eigenvalue weighted by molar-refractivity contribution is 5.84. The molecular weight excluding hydrogens is 274 g/mol. The molecule has 0 aromatic heterocycles. The highest BCUT2D eigenvalue weighted by atomic mass is 16.3. The molecule has 22 heavy (non-hydrogen) atoms. The Morgan fingerprint density at radius 1 is 1.09 bits per heavy atom. The van der Waals surface area contributed by atoms with Crippen molar-refractivity contribution in [2.24, 2.45) is 23.2 Å². The largest absolute Gasteiger partial charge is 0.393 e. The van der Waals surface area contributed by atoms with Crippen molar-refractivity contribution in [3.8, 4) is 0 Å². The fourth-order valence-electron chi connectivity index (χ4n) is 6.92. The maximum absolute atomic E-state index is 12.2. The zero-order valence-electron chi connectivity index (χ0n) is 14.3. The van der Waals surface area contributed by atoms with E-state index in [-0.39, 0.29) is 23.1 Å². The standard InChI is InChI=1S/C19H31NO2/c1-12-16(21)7-10-19(3)15-6-9-18(2)14(4-5-17(18)22)13(15)8-11-20(12)19/h12-15,17,22H,4-11H2,1-3H3/t12?,13-,14-,15+,17?,18-,19+/m0/s1. The number of aliphatic hydroxyl groups excluding tert-OH is 1. The Hall–Kier alpha value is -0.410. The zero-order chi connectivity index (χ0) is 15.7. The molecule has 0 spiro atoms. The molecule has 2 saturated heterocycles. The number of nitrogens with zero attached hydrogens (tertiary/aromatic N) is 1. The Bertz CT molecular complexity index is 492. The lowest BCUT2D eigenvalue weighted by Crippen LogP contribution is -2.67. The number of hydrogen-bond donors (Lipinski definition) is 1. The van der Waals surface area contributed by atoms with Crippen molar-refractivity contribution < 1.29 is 9.90 Å². The number of fused-ring (bicyclic) bond motifs is 5. The van der Waals surface area contributed by atoms with Gasteiger partial charge in [-0.25, -0.2) is 0 Å². The van der Waals surface area contributed by atoms with Crippen LogP contribution in [0.1, 0.15) is 65.7 Å². The normalized spacial score (nSPS) is 55.5. The summed E-state index contributed by atoms with van der Waals surface area (Å²) in [6, 6.07) is 0.113. The molecule has 4 fully saturated rings. The van der Waals surface area contributed by atoms with Crippen LogP contribution < -0.4 is 0 Å². The molecular formula is C19H31NO2. The molecule has 0 aromatic rings. The Balaban J connectivity index is 1.65. The monoisotopic (exact) mass is 305 g/mol. The van der Waals surface area contributed by atoms with Gasteiger partial charge < -0.3 is 5.11 Å². The van der Waals surface area contributed by atoms with E-state index in [0.29, 0.717) is 11.7 Å². The van der Waals surface area contributed by atoms with E-state index >= 15 is 0 Å². The first-order valence-corrected chi connectivity index (χ1v) is 9.35. The predicted octanol–water partition coefficient (Wildman–Crippen LogP) is 3.01. The second-order valence-electron chi connectivity index (χ2n) is 9.00. The zero-order valence-corrected chi connectivity index (χ0v) is 14.3. The van der Waals surface area contributed by atoms with Gasteiger partial charge in [0.25, 0.3) is 0 Å². The van der Waals surface area contributed by atoms with Crippen LogP contribution in [-0.2, 0) is 4.79 Å². The Kier molecular flexibility index (Phi) is 3.30. The van der Waals surface area contributed by atoms with Crippen molar-refractivity contribution in [3.05, 3.63) is 0 Å². The molecule has 0 amide bonds. The molecule has 124 valence electrons. The predicted molar refractivity (Wildman–Crippen MR) is 86.5 cm³/mol. The molecule has 0 radical (unpaired) electrons. The van der Waals surface area contributed by atoms with E-state index < -0.39 is 0 Å². The van der Waals surface area contributed by atoms with E-state index in [2.05, 4.69) is 25.7 Å². The fourth-order valence-corrected chi connectivity index (χ4v) is 6.92. The van der Waals surface area contributed by atoms with Crippen LogP contribution in [0.15, 0.2) is 0 Å². The van der Waals surface area contributed by atoms with E-state index in [1.807, 2.05) is 0 Å². The summed E-state index contributed by atoms with van der Waals surface area (Å²) < 4.78 is 0. The summed E-state index contributed by atoms with van der Waals surface area (Å²) in [6.07, 6.45) is 7.57. The van der Waals surface area contributed by atoms with Crippen molar-refractivity contribution in [2.75, 3.05) is 6.54 Å². The van der Waals surface area contributed by atoms with Gasteiger partial charge in [0.05, 0.1) is 12.1 Å². The minimum atomic E-state index is -0.0869. The number of Topliss-reactive ketones (excluding diaryl/α,β-unsaturated/α-hetero) is 1. The minimum absolute atomic E-state index is 0.0869. The van der Waals surface area contributed by atoms with Gasteiger partial charge in [0.1, 0.15) is 5.78 Å². The topological polar surface area (TPSA) is 40.5 Å². The van der Waals surface area contributed by atoms with E-state index in [0.717, 1.165) is 37.6 Å². The molecule has 4 aliphatic rings. The van der Waals surface area contributed by atoms with Crippen molar-refractivity contribution in [3.63, 3.8) is 0 Å². The number of ketones is 1. The van der Waals surface area contributed by atoms with Gasteiger partial charge in [0.15, 0.2) is 0 Å². The number of hydrogen-bond acceptors (Lipinski definition) is 3. The second-order valence-corrected chi connectivity index (χ2v) is 9.00. The summed E-state index contributed by atoms with van der Waals surface area (Å²) in [7, 11) is 0. The highest BCUT2D eigenvalue weighted by Crippen LogP contribution is 2.61. The molecule has 2 heterocycles. The first-order chi connectivity index (χ1) is 10.4. The van der Waals surface area contributed by atoms with Gasteiger partial charge in [-0.15, -0.1) is 0 Å². The second kappa shape index (κ2) is 4.80. The lowest BCUT2D eigenvalue weighted by molar-refractivity contribution is -0.155. The number of aliphatic hydroxyl groups is 1. The Morgan fingerprint density at radius 3 is 2.64 bits per heavy atom. The van der Waals surface area contributed by atoms with Gasteiger partial charge in [-0.3, -0.25) is 9.69 Å². The summed E-state index contributed by atoms with van der Waals surface area (Å²) in [6.45, 7) is 7.97. The summed E-state index contributed by atoms with van der Waals surface area (Å²) in [5.74, 6) is 2.62. The number of rotatable bonds is 0. The van der Waals surface area contributed by atoms with Gasteiger partial charge in [0, 0.05) is 12.0 Å². The third kappa shape index (κ3) is 1.78. The van der Waals surface area contributed by atoms with Crippen LogP contribution in [0, 0.1) is 23.2 Å². The Labute approximate surface area is 134 Å². The molecule has 1 N–H and O–H groups in total. The smallest absolute Gasteiger partial charge is 0.149 e. The van der Waals surface area contributed by atoms with Crippen molar-refractivity contribution >= 4 is 5.78 Å². The molecule has 0 aromatic carbocycles. The van der Waals surface area contributed by atoms with Gasteiger partial charge in [-0.1, -0.05) is 6.92 Å². The average Bonchev–Trinajstić information content (AvgIpc) is 2.79. The SMILES string of the molecule is CC1C(=O)CC[C@]2(C)[C@@H]3CC[C@]4(C)C(O)CC[C@H]4[C@@H]3CCN12. The molecule has 0 bridgehead atoms. The summed E-state index contributed by atoms with van der Waals surface area (Å²) >= 11 is 0. The minimum Gasteiger partial charge on any atom is -0.393 e. The lowest BCUT2D eigenvalue weighted by atomic mass is 9.52. The van der Waals surface area contributed by atoms with Gasteiger partial charge in [-0.05, 0) is 82.1 Å². The van der Waals surface area contributed by atoms with Crippen LogP contribution in [-0.4, -0.2) is 40.0 Å². The molecule has 2 unspecified atom stereocenters. The first-order valence-electron chi connectivity index (χ1n) is 9.35. The lowest BCUT2D eigenvalue weighted by Gasteiger charge is -2.62. The number of carbonyl (C=O) groups excluding carboxylic acids is 1. The van der Waals surface area contributed by atoms with E-state index in [4.69, 9.17) is 0 Å². The third-order valence-corrected chi connectivity index (χ3v) is 8.36. The van der Waals surface area contributed by atoms with E-state index in [1.165, 1.54) is 25.7 Å². The van der Waals surface area contributed by atoms with Crippen molar-refractivity contribution in [2.45, 2.75) is 83.4 Å². The summed E-state index contributed by atoms with van der Waals surface area (Å²) in [5, 5.41) is 10.5. The molecule has 7 atom stereocenters. The maximum atomic E-state index is 12.2. The van der Waals surface area contributed by atoms with Gasteiger partial charge in [-0.2, -0.15) is 0 Å². The quantitative estimate of drug-likeness (QED) is 0.748. The number of piperidine rings is 2. The first kappa shape index (κ1) is 15.1. The van der Waals surface area contributed by atoms with Crippen LogP contribution in [0.5, 0.6) is 0 Å². The molecule has 3 nitrogen and oxygen atoms in total. The van der Waals surface area contributed by atoms with Crippen molar-refractivity contribution in [1.82, 2.24) is 4.90 Å². The van der Waals surface area contributed by atoms with Crippen LogP contribution in [0.3, 0.4) is 0 Å². The summed E-state index contributed by atoms with van der Waals surface area (Å²) in [4.78, 5) is 14.7. The maximum Gasteiger partial charge on any atom is 0.149 e. The van der Waals surface area contributed by atoms with Crippen molar-refractivity contribution in [1.29, 1.82) is 0 Å². The average molecular weight is 305 g/mol. The van der Waals surface area contributed by atoms with Gasteiger partial charge >= 0.3 is 0 Å². The molecule has 2 aliphatic heterocycles. The highest BCUT2D eigenvalue weighted by Gasteiger charge is 2.60. The van der Waals surface area contributed by atoms with Crippen LogP contribution in [0.25, 0.3) is 0 Å². The Morgan fingerprint density at radius 2 is 1.86 bits per heavy atom. The van der Waals surface area contributed by atoms with Crippen LogP contribution >= 0.6 is 0 Å². The van der Waals surface area contributed by atoms with Crippen LogP contribution in [0.4, 0.5) is 0 Å². The number of carbonyl (C=O) groups is 1.